The van der Waals surface area contributed by atoms with E-state index < -0.39 is 0 Å². The van der Waals surface area contributed by atoms with Gasteiger partial charge in [0, 0.05) is 45.3 Å². The Morgan fingerprint density at radius 1 is 1.08 bits per heavy atom. The molecule has 1 aliphatic carbocycles. The van der Waals surface area contributed by atoms with Crippen LogP contribution in [0.4, 0.5) is 5.69 Å². The quantitative estimate of drug-likeness (QED) is 0.824. The van der Waals surface area contributed by atoms with Gasteiger partial charge in [0.15, 0.2) is 0 Å². The molecule has 2 atom stereocenters. The third-order valence-electron chi connectivity index (χ3n) is 5.36. The molecule has 6 nitrogen and oxygen atoms in total. The minimum atomic E-state index is -0.214. The highest BCUT2D eigenvalue weighted by Crippen LogP contribution is 2.42. The minimum absolute atomic E-state index is 0.0406. The Hall–Kier alpha value is -2.37. The summed E-state index contributed by atoms with van der Waals surface area (Å²) in [4.78, 5) is 42.3. The van der Waals surface area contributed by atoms with Crippen LogP contribution in [0.25, 0.3) is 0 Å². The van der Waals surface area contributed by atoms with Crippen LogP contribution in [0, 0.1) is 18.8 Å². The topological polar surface area (TPSA) is 60.9 Å². The predicted molar refractivity (Wildman–Crippen MR) is 99.6 cm³/mol. The van der Waals surface area contributed by atoms with Crippen molar-refractivity contribution in [1.29, 1.82) is 0 Å². The first-order chi connectivity index (χ1) is 12.4. The van der Waals surface area contributed by atoms with Crippen LogP contribution in [-0.4, -0.2) is 60.2 Å². The maximum atomic E-state index is 12.9. The smallest absolute Gasteiger partial charge is 0.230 e. The van der Waals surface area contributed by atoms with E-state index in [1.54, 1.807) is 21.6 Å². The maximum absolute atomic E-state index is 12.9. The van der Waals surface area contributed by atoms with E-state index in [4.69, 9.17) is 0 Å². The number of amides is 3. The summed E-state index contributed by atoms with van der Waals surface area (Å²) in [6.45, 7) is 8.39. The molecular formula is C20H27N3O3. The van der Waals surface area contributed by atoms with Crippen molar-refractivity contribution < 1.29 is 14.4 Å². The first kappa shape index (κ1) is 18.4. The van der Waals surface area contributed by atoms with E-state index in [-0.39, 0.29) is 29.6 Å². The molecule has 3 rings (SSSR count). The van der Waals surface area contributed by atoms with Crippen LogP contribution >= 0.6 is 0 Å². The monoisotopic (exact) mass is 357 g/mol. The average molecular weight is 357 g/mol. The van der Waals surface area contributed by atoms with Gasteiger partial charge in [-0.2, -0.15) is 0 Å². The Morgan fingerprint density at radius 3 is 2.31 bits per heavy atom. The zero-order valence-corrected chi connectivity index (χ0v) is 15.8. The van der Waals surface area contributed by atoms with Gasteiger partial charge < -0.3 is 14.7 Å². The first-order valence-corrected chi connectivity index (χ1v) is 9.34. The fourth-order valence-electron chi connectivity index (χ4n) is 3.68. The summed E-state index contributed by atoms with van der Waals surface area (Å²) in [5.41, 5.74) is 2.01. The van der Waals surface area contributed by atoms with E-state index in [1.165, 1.54) is 0 Å². The molecule has 1 aromatic rings. The molecule has 0 radical (unpaired) electrons. The van der Waals surface area contributed by atoms with E-state index in [2.05, 4.69) is 0 Å². The number of hydrogen-bond donors (Lipinski definition) is 0. The van der Waals surface area contributed by atoms with Crippen molar-refractivity contribution >= 4 is 23.4 Å². The van der Waals surface area contributed by atoms with Gasteiger partial charge in [0.25, 0.3) is 0 Å². The number of carbonyl (C=O) groups is 3. The second-order valence-electron chi connectivity index (χ2n) is 7.20. The molecule has 2 aliphatic rings. The number of anilines is 1. The fourth-order valence-corrected chi connectivity index (χ4v) is 3.68. The summed E-state index contributed by atoms with van der Waals surface area (Å²) in [7, 11) is 0. The van der Waals surface area contributed by atoms with E-state index in [0.29, 0.717) is 39.1 Å². The molecule has 3 amide bonds. The van der Waals surface area contributed by atoms with Crippen LogP contribution in [0.3, 0.4) is 0 Å². The molecule has 0 bridgehead atoms. The van der Waals surface area contributed by atoms with Crippen molar-refractivity contribution in [3.8, 4) is 0 Å². The summed E-state index contributed by atoms with van der Waals surface area (Å²) in [5.74, 6) is -0.266. The molecule has 1 saturated heterocycles. The molecule has 2 fully saturated rings. The second-order valence-corrected chi connectivity index (χ2v) is 7.20. The fraction of sp³-hybridized carbons (Fsp3) is 0.550. The van der Waals surface area contributed by atoms with Crippen molar-refractivity contribution in [3.05, 3.63) is 29.8 Å². The van der Waals surface area contributed by atoms with E-state index in [0.717, 1.165) is 11.3 Å². The maximum Gasteiger partial charge on any atom is 0.230 e. The molecule has 0 spiro atoms. The molecule has 1 aromatic carbocycles. The molecule has 1 heterocycles. The van der Waals surface area contributed by atoms with Crippen molar-refractivity contribution in [2.24, 2.45) is 11.8 Å². The molecule has 0 aromatic heterocycles. The number of rotatable bonds is 4. The minimum Gasteiger partial charge on any atom is -0.339 e. The van der Waals surface area contributed by atoms with Crippen LogP contribution < -0.4 is 4.90 Å². The number of hydrogen-bond acceptors (Lipinski definition) is 3. The van der Waals surface area contributed by atoms with Crippen LogP contribution in [0.15, 0.2) is 24.3 Å². The first-order valence-electron chi connectivity index (χ1n) is 9.34. The van der Waals surface area contributed by atoms with Gasteiger partial charge in [-0.15, -0.1) is 0 Å². The van der Waals surface area contributed by atoms with Gasteiger partial charge in [0.05, 0.1) is 11.8 Å². The molecule has 140 valence electrons. The van der Waals surface area contributed by atoms with Gasteiger partial charge >= 0.3 is 0 Å². The zero-order valence-electron chi connectivity index (χ0n) is 15.8. The number of benzene rings is 1. The van der Waals surface area contributed by atoms with Crippen LogP contribution in [0.2, 0.25) is 0 Å². The Balaban J connectivity index is 1.59. The predicted octanol–water partition coefficient (Wildman–Crippen LogP) is 1.67. The molecule has 1 saturated carbocycles. The molecule has 1 aliphatic heterocycles. The number of piperazine rings is 1. The molecular weight excluding hydrogens is 330 g/mol. The normalized spacial score (nSPS) is 22.1. The Bertz CT molecular complexity index is 710. The third-order valence-corrected chi connectivity index (χ3v) is 5.36. The summed E-state index contributed by atoms with van der Waals surface area (Å²) in [6, 6.07) is 7.90. The number of carbonyl (C=O) groups excluding carboxylic acids is 3. The highest BCUT2D eigenvalue weighted by atomic mass is 16.2. The lowest BCUT2D eigenvalue weighted by Gasteiger charge is -2.34. The van der Waals surface area contributed by atoms with E-state index >= 15 is 0 Å². The Kier molecular flexibility index (Phi) is 5.30. The largest absolute Gasteiger partial charge is 0.339 e. The summed E-state index contributed by atoms with van der Waals surface area (Å²) in [5, 5.41) is 0. The van der Waals surface area contributed by atoms with Gasteiger partial charge in [-0.05, 0) is 38.0 Å². The lowest BCUT2D eigenvalue weighted by Crippen LogP contribution is -2.50. The van der Waals surface area contributed by atoms with Gasteiger partial charge in [-0.1, -0.05) is 12.1 Å². The summed E-state index contributed by atoms with van der Waals surface area (Å²) in [6.07, 6.45) is 0.632. The van der Waals surface area contributed by atoms with Crippen molar-refractivity contribution in [1.82, 2.24) is 9.80 Å². The Labute approximate surface area is 154 Å². The van der Waals surface area contributed by atoms with Crippen molar-refractivity contribution in [3.63, 3.8) is 0 Å². The SMILES string of the molecule is CCN(C(=O)C1CC1C(=O)N1CCN(C(C)=O)CC1)c1cccc(C)c1. The van der Waals surface area contributed by atoms with Crippen molar-refractivity contribution in [2.75, 3.05) is 37.6 Å². The zero-order chi connectivity index (χ0) is 18.8. The van der Waals surface area contributed by atoms with Crippen LogP contribution in [-0.2, 0) is 14.4 Å². The van der Waals surface area contributed by atoms with Crippen LogP contribution in [0.5, 0.6) is 0 Å². The molecule has 6 heteroatoms. The second kappa shape index (κ2) is 7.48. The standard InChI is InChI=1S/C20H27N3O3/c1-4-23(16-7-5-6-14(2)12-16)20(26)18-13-17(18)19(25)22-10-8-21(9-11-22)15(3)24/h5-7,12,17-18H,4,8-11,13H2,1-3H3. The molecule has 0 N–H and O–H groups in total. The van der Waals surface area contributed by atoms with E-state index in [1.807, 2.05) is 38.1 Å². The molecule has 2 unspecified atom stereocenters. The number of nitrogens with zero attached hydrogens (tertiary/aromatic N) is 3. The average Bonchev–Trinajstić information content (AvgIpc) is 3.42. The lowest BCUT2D eigenvalue weighted by atomic mass is 10.1. The van der Waals surface area contributed by atoms with Gasteiger partial charge in [-0.3, -0.25) is 14.4 Å². The highest BCUT2D eigenvalue weighted by Gasteiger charge is 2.51. The lowest BCUT2D eigenvalue weighted by molar-refractivity contribution is -0.140. The van der Waals surface area contributed by atoms with E-state index in [9.17, 15) is 14.4 Å². The summed E-state index contributed by atoms with van der Waals surface area (Å²) >= 11 is 0. The van der Waals surface area contributed by atoms with Gasteiger partial charge in [0.1, 0.15) is 0 Å². The van der Waals surface area contributed by atoms with Gasteiger partial charge in [-0.25, -0.2) is 0 Å². The van der Waals surface area contributed by atoms with Gasteiger partial charge in [0.2, 0.25) is 17.7 Å². The highest BCUT2D eigenvalue weighted by molar-refractivity contribution is 6.01. The number of aryl methyl sites for hydroxylation is 1. The molecule has 26 heavy (non-hydrogen) atoms. The third kappa shape index (κ3) is 3.74. The van der Waals surface area contributed by atoms with Crippen LogP contribution in [0.1, 0.15) is 25.8 Å². The van der Waals surface area contributed by atoms with Crippen molar-refractivity contribution in [2.45, 2.75) is 27.2 Å². The Morgan fingerprint density at radius 2 is 1.73 bits per heavy atom. The summed E-state index contributed by atoms with van der Waals surface area (Å²) < 4.78 is 0.